The first-order chi connectivity index (χ1) is 10.8. The number of carbonyl (C=O) groups excluding carboxylic acids is 2. The number of esters is 1. The molecule has 0 aromatic carbocycles. The van der Waals surface area contributed by atoms with E-state index in [0.717, 1.165) is 31.5 Å². The molecule has 126 valence electrons. The molecule has 0 spiro atoms. The van der Waals surface area contributed by atoms with Gasteiger partial charge in [0.2, 0.25) is 0 Å². The second-order valence-electron chi connectivity index (χ2n) is 7.06. The minimum absolute atomic E-state index is 0.0126. The highest BCUT2D eigenvalue weighted by molar-refractivity contribution is 5.89. The maximum atomic E-state index is 12.2. The summed E-state index contributed by atoms with van der Waals surface area (Å²) in [6.45, 7) is 7.41. The summed E-state index contributed by atoms with van der Waals surface area (Å²) >= 11 is 0. The fourth-order valence-electron chi connectivity index (χ4n) is 2.75. The number of amides is 2. The van der Waals surface area contributed by atoms with Crippen molar-refractivity contribution >= 4 is 12.0 Å². The van der Waals surface area contributed by atoms with Gasteiger partial charge in [0.25, 0.3) is 0 Å². The number of hydrogen-bond acceptors (Lipinski definition) is 4. The van der Waals surface area contributed by atoms with Gasteiger partial charge in [0, 0.05) is 31.0 Å². The smallest absolute Gasteiger partial charge is 0.339 e. The maximum Gasteiger partial charge on any atom is 0.339 e. The van der Waals surface area contributed by atoms with Gasteiger partial charge in [0.15, 0.2) is 0 Å². The van der Waals surface area contributed by atoms with Crippen molar-refractivity contribution < 1.29 is 14.3 Å². The minimum atomic E-state index is -0.378. The van der Waals surface area contributed by atoms with Gasteiger partial charge in [-0.1, -0.05) is 0 Å². The van der Waals surface area contributed by atoms with Crippen molar-refractivity contribution in [3.8, 4) is 0 Å². The van der Waals surface area contributed by atoms with Crippen LogP contribution in [0, 0.1) is 5.92 Å². The van der Waals surface area contributed by atoms with E-state index in [0.29, 0.717) is 11.5 Å². The van der Waals surface area contributed by atoms with Crippen molar-refractivity contribution in [2.75, 3.05) is 20.2 Å². The largest absolute Gasteiger partial charge is 0.465 e. The number of carbonyl (C=O) groups is 2. The standard InChI is InChI=1S/C17H25N3O3/c1-17(2,3)19-16(22)20-6-5-12(11-20)7-13-8-14(10-18-9-13)15(21)23-4/h8-10,12H,5-7,11H2,1-4H3,(H,19,22). The van der Waals surface area contributed by atoms with Crippen LogP contribution in [0.5, 0.6) is 0 Å². The predicted molar refractivity (Wildman–Crippen MR) is 87.2 cm³/mol. The second-order valence-corrected chi connectivity index (χ2v) is 7.06. The minimum Gasteiger partial charge on any atom is -0.465 e. The fraction of sp³-hybridized carbons (Fsp3) is 0.588. The lowest BCUT2D eigenvalue weighted by Crippen LogP contribution is -2.47. The van der Waals surface area contributed by atoms with E-state index in [1.807, 2.05) is 31.7 Å². The van der Waals surface area contributed by atoms with E-state index >= 15 is 0 Å². The summed E-state index contributed by atoms with van der Waals surface area (Å²) in [6, 6.07) is 1.80. The van der Waals surface area contributed by atoms with Crippen molar-refractivity contribution in [2.45, 2.75) is 39.2 Å². The lowest BCUT2D eigenvalue weighted by atomic mass is 9.99. The summed E-state index contributed by atoms with van der Waals surface area (Å²) in [4.78, 5) is 29.7. The molecule has 23 heavy (non-hydrogen) atoms. The molecule has 1 fully saturated rings. The Kier molecular flexibility index (Phi) is 5.23. The number of urea groups is 1. The van der Waals surface area contributed by atoms with Crippen LogP contribution in [0.25, 0.3) is 0 Å². The molecule has 0 saturated carbocycles. The lowest BCUT2D eigenvalue weighted by Gasteiger charge is -2.25. The van der Waals surface area contributed by atoms with Crippen LogP contribution in [-0.4, -0.2) is 47.6 Å². The molecular weight excluding hydrogens is 294 g/mol. The Labute approximate surface area is 137 Å². The SMILES string of the molecule is COC(=O)c1cncc(CC2CCN(C(=O)NC(C)(C)C)C2)c1. The highest BCUT2D eigenvalue weighted by atomic mass is 16.5. The number of pyridine rings is 1. The molecule has 0 bridgehead atoms. The monoisotopic (exact) mass is 319 g/mol. The van der Waals surface area contributed by atoms with Gasteiger partial charge in [-0.3, -0.25) is 4.98 Å². The Morgan fingerprint density at radius 3 is 2.78 bits per heavy atom. The molecule has 2 rings (SSSR count). The van der Waals surface area contributed by atoms with E-state index in [2.05, 4.69) is 10.3 Å². The van der Waals surface area contributed by atoms with E-state index < -0.39 is 0 Å². The van der Waals surface area contributed by atoms with Crippen LogP contribution < -0.4 is 5.32 Å². The van der Waals surface area contributed by atoms with Gasteiger partial charge in [-0.2, -0.15) is 0 Å². The molecule has 1 atom stereocenters. The number of rotatable bonds is 3. The number of aromatic nitrogens is 1. The maximum absolute atomic E-state index is 12.2. The molecule has 1 aromatic rings. The van der Waals surface area contributed by atoms with Crippen LogP contribution in [0.15, 0.2) is 18.5 Å². The predicted octanol–water partition coefficient (Wildman–Crippen LogP) is 2.24. The highest BCUT2D eigenvalue weighted by Crippen LogP contribution is 2.21. The van der Waals surface area contributed by atoms with Gasteiger partial charge in [0.1, 0.15) is 0 Å². The van der Waals surface area contributed by atoms with E-state index in [9.17, 15) is 9.59 Å². The zero-order chi connectivity index (χ0) is 17.0. The van der Waals surface area contributed by atoms with Crippen LogP contribution in [0.2, 0.25) is 0 Å². The molecule has 6 nitrogen and oxygen atoms in total. The average molecular weight is 319 g/mol. The first kappa shape index (κ1) is 17.2. The topological polar surface area (TPSA) is 71.5 Å². The molecule has 1 aliphatic heterocycles. The zero-order valence-corrected chi connectivity index (χ0v) is 14.3. The number of nitrogens with zero attached hydrogens (tertiary/aromatic N) is 2. The quantitative estimate of drug-likeness (QED) is 0.867. The van der Waals surface area contributed by atoms with Crippen molar-refractivity contribution in [3.63, 3.8) is 0 Å². The lowest BCUT2D eigenvalue weighted by molar-refractivity contribution is 0.0600. The molecule has 1 aromatic heterocycles. The molecule has 1 unspecified atom stereocenters. The number of methoxy groups -OCH3 is 1. The molecule has 1 aliphatic rings. The molecule has 2 amide bonds. The number of ether oxygens (including phenoxy) is 1. The van der Waals surface area contributed by atoms with Gasteiger partial charge in [0.05, 0.1) is 12.7 Å². The molecular formula is C17H25N3O3. The molecule has 1 saturated heterocycles. The van der Waals surface area contributed by atoms with Gasteiger partial charge in [-0.15, -0.1) is 0 Å². The average Bonchev–Trinajstić information content (AvgIpc) is 2.93. The third-order valence-corrected chi connectivity index (χ3v) is 3.80. The van der Waals surface area contributed by atoms with Crippen LogP contribution in [0.4, 0.5) is 4.79 Å². The fourth-order valence-corrected chi connectivity index (χ4v) is 2.75. The second kappa shape index (κ2) is 6.98. The van der Waals surface area contributed by atoms with E-state index in [-0.39, 0.29) is 17.5 Å². The van der Waals surface area contributed by atoms with Crippen molar-refractivity contribution in [3.05, 3.63) is 29.6 Å². The van der Waals surface area contributed by atoms with Crippen LogP contribution >= 0.6 is 0 Å². The summed E-state index contributed by atoms with van der Waals surface area (Å²) in [7, 11) is 1.36. The molecule has 0 radical (unpaired) electrons. The van der Waals surface area contributed by atoms with Crippen LogP contribution in [-0.2, 0) is 11.2 Å². The van der Waals surface area contributed by atoms with E-state index in [1.165, 1.54) is 13.3 Å². The summed E-state index contributed by atoms with van der Waals surface area (Å²) < 4.78 is 4.72. The molecule has 6 heteroatoms. The summed E-state index contributed by atoms with van der Waals surface area (Å²) in [5.41, 5.74) is 1.23. The molecule has 1 N–H and O–H groups in total. The summed E-state index contributed by atoms with van der Waals surface area (Å²) in [5, 5.41) is 2.99. The Bertz CT molecular complexity index is 581. The third-order valence-electron chi connectivity index (χ3n) is 3.80. The van der Waals surface area contributed by atoms with E-state index in [4.69, 9.17) is 4.74 Å². The normalized spacial score (nSPS) is 17.9. The van der Waals surface area contributed by atoms with Gasteiger partial charge in [-0.05, 0) is 51.2 Å². The summed E-state index contributed by atoms with van der Waals surface area (Å²) in [5.74, 6) is 0.00682. The highest BCUT2D eigenvalue weighted by Gasteiger charge is 2.28. The van der Waals surface area contributed by atoms with E-state index in [1.54, 1.807) is 6.20 Å². The third kappa shape index (κ3) is 4.94. The number of hydrogen-bond donors (Lipinski definition) is 1. The Morgan fingerprint density at radius 1 is 1.39 bits per heavy atom. The van der Waals surface area contributed by atoms with Crippen LogP contribution in [0.3, 0.4) is 0 Å². The molecule has 0 aliphatic carbocycles. The van der Waals surface area contributed by atoms with Gasteiger partial charge in [-0.25, -0.2) is 9.59 Å². The first-order valence-corrected chi connectivity index (χ1v) is 7.88. The summed E-state index contributed by atoms with van der Waals surface area (Å²) in [6.07, 6.45) is 5.04. The Morgan fingerprint density at radius 2 is 2.13 bits per heavy atom. The van der Waals surface area contributed by atoms with Crippen molar-refractivity contribution in [1.29, 1.82) is 0 Å². The number of likely N-dealkylation sites (tertiary alicyclic amines) is 1. The van der Waals surface area contributed by atoms with Gasteiger partial charge < -0.3 is 15.0 Å². The first-order valence-electron chi connectivity index (χ1n) is 7.88. The number of nitrogens with one attached hydrogen (secondary N) is 1. The van der Waals surface area contributed by atoms with Gasteiger partial charge >= 0.3 is 12.0 Å². The Balaban J connectivity index is 1.93. The zero-order valence-electron chi connectivity index (χ0n) is 14.3. The van der Waals surface area contributed by atoms with Crippen molar-refractivity contribution in [2.24, 2.45) is 5.92 Å². The van der Waals surface area contributed by atoms with Crippen LogP contribution in [0.1, 0.15) is 43.1 Å². The molecule has 2 heterocycles. The van der Waals surface area contributed by atoms with Crippen molar-refractivity contribution in [1.82, 2.24) is 15.2 Å². The Hall–Kier alpha value is -2.11.